The van der Waals surface area contributed by atoms with Gasteiger partial charge in [0, 0.05) is 5.02 Å². The zero-order valence-electron chi connectivity index (χ0n) is 14.1. The maximum absolute atomic E-state index is 11.7. The van der Waals surface area contributed by atoms with Gasteiger partial charge in [0.1, 0.15) is 29.6 Å². The average Bonchev–Trinajstić information content (AvgIpc) is 3.10. The van der Waals surface area contributed by atoms with E-state index >= 15 is 0 Å². The first-order valence-corrected chi connectivity index (χ1v) is 8.33. The highest BCUT2D eigenvalue weighted by atomic mass is 35.5. The second-order valence-corrected chi connectivity index (χ2v) is 6.82. The molecule has 0 aliphatic carbocycles. The second kappa shape index (κ2) is 6.86. The van der Waals surface area contributed by atoms with Gasteiger partial charge in [-0.25, -0.2) is 9.67 Å². The first kappa shape index (κ1) is 17.5. The van der Waals surface area contributed by atoms with E-state index in [-0.39, 0.29) is 6.54 Å². The van der Waals surface area contributed by atoms with Crippen molar-refractivity contribution in [3.05, 3.63) is 77.8 Å². The summed E-state index contributed by atoms with van der Waals surface area (Å²) in [4.78, 5) is 3.96. The number of nitrogens with zero attached hydrogens (tertiary/aromatic N) is 3. The molecule has 1 atom stereocenters. The van der Waals surface area contributed by atoms with Gasteiger partial charge in [0.2, 0.25) is 0 Å². The van der Waals surface area contributed by atoms with Gasteiger partial charge in [0.25, 0.3) is 0 Å². The molecule has 0 aliphatic heterocycles. The van der Waals surface area contributed by atoms with Crippen LogP contribution in [-0.2, 0) is 12.1 Å². The SMILES string of the molecule is CC(C)(Oc1ccc(Cl)cc1)C(O)(Cn1cncn1)c1ccccc1. The van der Waals surface area contributed by atoms with Gasteiger partial charge in [-0.3, -0.25) is 0 Å². The Labute approximate surface area is 151 Å². The highest BCUT2D eigenvalue weighted by Crippen LogP contribution is 2.38. The fourth-order valence-electron chi connectivity index (χ4n) is 2.77. The quantitative estimate of drug-likeness (QED) is 0.731. The number of aliphatic hydroxyl groups is 1. The van der Waals surface area contributed by atoms with Gasteiger partial charge in [-0.1, -0.05) is 41.9 Å². The molecule has 0 amide bonds. The summed E-state index contributed by atoms with van der Waals surface area (Å²) in [6, 6.07) is 16.5. The smallest absolute Gasteiger partial charge is 0.148 e. The number of ether oxygens (including phenoxy) is 1. The van der Waals surface area contributed by atoms with Crippen molar-refractivity contribution < 1.29 is 9.84 Å². The molecule has 1 aromatic heterocycles. The van der Waals surface area contributed by atoms with Crippen molar-refractivity contribution in [1.82, 2.24) is 14.8 Å². The number of hydrogen-bond acceptors (Lipinski definition) is 4. The molecular formula is C19H20ClN3O2. The number of aromatic nitrogens is 3. The summed E-state index contributed by atoms with van der Waals surface area (Å²) < 4.78 is 7.75. The van der Waals surface area contributed by atoms with Crippen molar-refractivity contribution in [2.45, 2.75) is 31.6 Å². The molecule has 0 fully saturated rings. The third-order valence-corrected chi connectivity index (χ3v) is 4.54. The standard InChI is InChI=1S/C19H20ClN3O2/c1-18(2,25-17-10-8-16(20)9-11-17)19(24,12-23-14-21-13-22-23)15-6-4-3-5-7-15/h3-11,13-14,24H,12H2,1-2H3. The van der Waals surface area contributed by atoms with E-state index in [0.29, 0.717) is 10.8 Å². The van der Waals surface area contributed by atoms with E-state index in [1.54, 1.807) is 35.3 Å². The van der Waals surface area contributed by atoms with E-state index in [1.807, 2.05) is 44.2 Å². The minimum absolute atomic E-state index is 0.206. The average molecular weight is 358 g/mol. The van der Waals surface area contributed by atoms with E-state index in [4.69, 9.17) is 16.3 Å². The molecule has 0 saturated heterocycles. The van der Waals surface area contributed by atoms with Crippen LogP contribution in [0.1, 0.15) is 19.4 Å². The summed E-state index contributed by atoms with van der Waals surface area (Å²) >= 11 is 5.94. The predicted molar refractivity (Wildman–Crippen MR) is 96.5 cm³/mol. The topological polar surface area (TPSA) is 60.2 Å². The van der Waals surface area contributed by atoms with Crippen molar-refractivity contribution in [1.29, 1.82) is 0 Å². The highest BCUT2D eigenvalue weighted by Gasteiger charge is 2.47. The molecule has 0 saturated carbocycles. The lowest BCUT2D eigenvalue weighted by Gasteiger charge is -2.42. The zero-order valence-corrected chi connectivity index (χ0v) is 14.9. The Balaban J connectivity index is 1.98. The third kappa shape index (κ3) is 3.67. The highest BCUT2D eigenvalue weighted by molar-refractivity contribution is 6.30. The summed E-state index contributed by atoms with van der Waals surface area (Å²) in [6.45, 7) is 3.91. The largest absolute Gasteiger partial charge is 0.484 e. The molecule has 1 unspecified atom stereocenters. The number of rotatable bonds is 6. The molecule has 5 nitrogen and oxygen atoms in total. The summed E-state index contributed by atoms with van der Waals surface area (Å²) in [5.74, 6) is 0.627. The fourth-order valence-corrected chi connectivity index (χ4v) is 2.90. The Morgan fingerprint density at radius 3 is 2.36 bits per heavy atom. The first-order chi connectivity index (χ1) is 11.9. The minimum atomic E-state index is -1.33. The van der Waals surface area contributed by atoms with Gasteiger partial charge in [-0.2, -0.15) is 5.10 Å². The maximum Gasteiger partial charge on any atom is 0.148 e. The van der Waals surface area contributed by atoms with Crippen LogP contribution in [0.4, 0.5) is 0 Å². The van der Waals surface area contributed by atoms with Crippen molar-refractivity contribution in [2.75, 3.05) is 0 Å². The van der Waals surface area contributed by atoms with Crippen LogP contribution in [-0.4, -0.2) is 25.5 Å². The maximum atomic E-state index is 11.7. The monoisotopic (exact) mass is 357 g/mol. The zero-order chi connectivity index (χ0) is 17.9. The predicted octanol–water partition coefficient (Wildman–Crippen LogP) is 3.68. The Hall–Kier alpha value is -2.37. The molecule has 3 rings (SSSR count). The van der Waals surface area contributed by atoms with Crippen molar-refractivity contribution in [3.8, 4) is 5.75 Å². The van der Waals surface area contributed by atoms with E-state index in [0.717, 1.165) is 5.56 Å². The molecule has 25 heavy (non-hydrogen) atoms. The fraction of sp³-hybridized carbons (Fsp3) is 0.263. The van der Waals surface area contributed by atoms with E-state index in [1.165, 1.54) is 6.33 Å². The summed E-state index contributed by atoms with van der Waals surface area (Å²) in [7, 11) is 0. The van der Waals surface area contributed by atoms with Crippen LogP contribution in [0.15, 0.2) is 67.3 Å². The van der Waals surface area contributed by atoms with Crippen LogP contribution < -0.4 is 4.74 Å². The lowest BCUT2D eigenvalue weighted by atomic mass is 9.79. The molecule has 3 aromatic rings. The molecule has 1 N–H and O–H groups in total. The normalized spacial score (nSPS) is 14.1. The lowest BCUT2D eigenvalue weighted by Crippen LogP contribution is -2.54. The van der Waals surface area contributed by atoms with Gasteiger partial charge in [0.15, 0.2) is 0 Å². The molecule has 1 heterocycles. The van der Waals surface area contributed by atoms with Crippen LogP contribution in [0.2, 0.25) is 5.02 Å². The Kier molecular flexibility index (Phi) is 4.79. The van der Waals surface area contributed by atoms with Crippen LogP contribution >= 0.6 is 11.6 Å². The van der Waals surface area contributed by atoms with E-state index in [2.05, 4.69) is 10.1 Å². The molecule has 2 aromatic carbocycles. The summed E-state index contributed by atoms with van der Waals surface area (Å²) in [6.07, 6.45) is 3.02. The number of hydrogen-bond donors (Lipinski definition) is 1. The number of benzene rings is 2. The molecule has 0 bridgehead atoms. The Morgan fingerprint density at radius 2 is 1.76 bits per heavy atom. The van der Waals surface area contributed by atoms with Gasteiger partial charge >= 0.3 is 0 Å². The molecule has 0 spiro atoms. The van der Waals surface area contributed by atoms with Crippen LogP contribution in [0.3, 0.4) is 0 Å². The molecule has 0 aliphatic rings. The van der Waals surface area contributed by atoms with Crippen LogP contribution in [0, 0.1) is 0 Å². The molecular weight excluding hydrogens is 338 g/mol. The third-order valence-electron chi connectivity index (χ3n) is 4.29. The minimum Gasteiger partial charge on any atom is -0.484 e. The summed E-state index contributed by atoms with van der Waals surface area (Å²) in [5.41, 5.74) is -1.54. The van der Waals surface area contributed by atoms with Crippen molar-refractivity contribution in [2.24, 2.45) is 0 Å². The lowest BCUT2D eigenvalue weighted by molar-refractivity contribution is -0.133. The van der Waals surface area contributed by atoms with E-state index < -0.39 is 11.2 Å². The molecule has 6 heteroatoms. The Morgan fingerprint density at radius 1 is 1.08 bits per heavy atom. The van der Waals surface area contributed by atoms with Crippen LogP contribution in [0.25, 0.3) is 0 Å². The van der Waals surface area contributed by atoms with Crippen LogP contribution in [0.5, 0.6) is 5.75 Å². The van der Waals surface area contributed by atoms with Gasteiger partial charge in [-0.05, 0) is 43.7 Å². The van der Waals surface area contributed by atoms with Crippen molar-refractivity contribution >= 4 is 11.6 Å². The van der Waals surface area contributed by atoms with E-state index in [9.17, 15) is 5.11 Å². The first-order valence-electron chi connectivity index (χ1n) is 7.96. The van der Waals surface area contributed by atoms with Gasteiger partial charge in [0.05, 0.1) is 6.54 Å². The molecule has 130 valence electrons. The second-order valence-electron chi connectivity index (χ2n) is 6.39. The molecule has 0 radical (unpaired) electrons. The Bertz CT molecular complexity index is 804. The number of halogens is 1. The van der Waals surface area contributed by atoms with Crippen molar-refractivity contribution in [3.63, 3.8) is 0 Å². The van der Waals surface area contributed by atoms with Gasteiger partial charge in [-0.15, -0.1) is 0 Å². The summed E-state index contributed by atoms with van der Waals surface area (Å²) in [5, 5.41) is 16.4. The van der Waals surface area contributed by atoms with Gasteiger partial charge < -0.3 is 9.84 Å².